The molecule has 3 heterocycles. The lowest BCUT2D eigenvalue weighted by molar-refractivity contribution is -0.142. The molecule has 2 unspecified atom stereocenters. The fourth-order valence-corrected chi connectivity index (χ4v) is 4.47. The van der Waals surface area contributed by atoms with Gasteiger partial charge in [0.15, 0.2) is 16.1 Å². The molecule has 11 heteroatoms. The lowest BCUT2D eigenvalue weighted by Gasteiger charge is -2.37. The van der Waals surface area contributed by atoms with E-state index >= 15 is 0 Å². The number of esters is 1. The lowest BCUT2D eigenvalue weighted by Crippen LogP contribution is -2.55. The van der Waals surface area contributed by atoms with Gasteiger partial charge >= 0.3 is 5.97 Å². The van der Waals surface area contributed by atoms with Crippen molar-refractivity contribution in [2.24, 2.45) is 0 Å². The highest BCUT2D eigenvalue weighted by molar-refractivity contribution is 7.13. The molecule has 2 aromatic heterocycles. The molecule has 1 aliphatic rings. The van der Waals surface area contributed by atoms with E-state index in [-0.39, 0.29) is 36.3 Å². The highest BCUT2D eigenvalue weighted by atomic mass is 35.5. The standard InChI is InChI=1S/C19H26ClN5O4S/c1-4-12-16(20)24-17(22-12)18(27)23-13-6-7-25(9-14(13)28-3)19-21-11(10-30-19)8-15(26)29-5-2/h10,13-14H,4-9H2,1-3H3,(H,22,24)(H,23,27). The van der Waals surface area contributed by atoms with Gasteiger partial charge in [-0.05, 0) is 19.8 Å². The molecular weight excluding hydrogens is 430 g/mol. The smallest absolute Gasteiger partial charge is 0.311 e. The average Bonchev–Trinajstić information content (AvgIpc) is 3.34. The van der Waals surface area contributed by atoms with Crippen molar-refractivity contribution in [3.8, 4) is 0 Å². The number of carbonyl (C=O) groups excluding carboxylic acids is 2. The molecule has 1 amide bonds. The molecule has 1 fully saturated rings. The Morgan fingerprint density at radius 3 is 2.87 bits per heavy atom. The maximum atomic E-state index is 12.6. The van der Waals surface area contributed by atoms with Crippen molar-refractivity contribution in [3.05, 3.63) is 27.7 Å². The van der Waals surface area contributed by atoms with Crippen LogP contribution in [0.4, 0.5) is 5.13 Å². The van der Waals surface area contributed by atoms with Crippen molar-refractivity contribution in [2.75, 3.05) is 31.7 Å². The number of rotatable bonds is 8. The van der Waals surface area contributed by atoms with Crippen LogP contribution >= 0.6 is 22.9 Å². The topological polar surface area (TPSA) is 109 Å². The van der Waals surface area contributed by atoms with Crippen LogP contribution in [0.15, 0.2) is 5.38 Å². The number of aromatic nitrogens is 3. The number of aryl methyl sites for hydroxylation is 1. The summed E-state index contributed by atoms with van der Waals surface area (Å²) in [4.78, 5) is 38.0. The van der Waals surface area contributed by atoms with Crippen molar-refractivity contribution in [2.45, 2.75) is 45.3 Å². The molecule has 2 atom stereocenters. The lowest BCUT2D eigenvalue weighted by atomic mass is 10.0. The fourth-order valence-electron chi connectivity index (χ4n) is 3.34. The third-order valence-corrected chi connectivity index (χ3v) is 6.18. The van der Waals surface area contributed by atoms with E-state index in [1.165, 1.54) is 11.3 Å². The molecule has 9 nitrogen and oxygen atoms in total. The number of nitrogens with zero attached hydrogens (tertiary/aromatic N) is 3. The van der Waals surface area contributed by atoms with Gasteiger partial charge < -0.3 is 24.7 Å². The van der Waals surface area contributed by atoms with E-state index in [9.17, 15) is 9.59 Å². The summed E-state index contributed by atoms with van der Waals surface area (Å²) < 4.78 is 10.6. The predicted octanol–water partition coefficient (Wildman–Crippen LogP) is 2.21. The number of piperidine rings is 1. The van der Waals surface area contributed by atoms with E-state index < -0.39 is 0 Å². The first-order valence-electron chi connectivity index (χ1n) is 9.88. The van der Waals surface area contributed by atoms with Gasteiger partial charge in [-0.3, -0.25) is 9.59 Å². The number of methoxy groups -OCH3 is 1. The van der Waals surface area contributed by atoms with Crippen LogP contribution in [0.1, 0.15) is 42.3 Å². The van der Waals surface area contributed by atoms with E-state index in [2.05, 4.69) is 25.2 Å². The molecule has 0 aromatic carbocycles. The number of thiazole rings is 1. The van der Waals surface area contributed by atoms with Gasteiger partial charge in [0.05, 0.1) is 36.6 Å². The SMILES string of the molecule is CCOC(=O)Cc1csc(N2CCC(NC(=O)c3nc(Cl)c(CC)[nH]3)C(OC)C2)n1. The number of H-pyrrole nitrogens is 1. The van der Waals surface area contributed by atoms with Crippen molar-refractivity contribution in [1.82, 2.24) is 20.3 Å². The van der Waals surface area contributed by atoms with Gasteiger partial charge in [-0.15, -0.1) is 11.3 Å². The summed E-state index contributed by atoms with van der Waals surface area (Å²) in [6, 6.07) is -0.160. The van der Waals surface area contributed by atoms with Crippen LogP contribution < -0.4 is 10.2 Å². The molecule has 2 N–H and O–H groups in total. The molecule has 3 rings (SSSR count). The summed E-state index contributed by atoms with van der Waals surface area (Å²) >= 11 is 7.52. The molecule has 0 saturated carbocycles. The quantitative estimate of drug-likeness (QED) is 0.587. The summed E-state index contributed by atoms with van der Waals surface area (Å²) in [6.45, 7) is 5.35. The molecule has 30 heavy (non-hydrogen) atoms. The Kier molecular flexibility index (Phi) is 7.68. The predicted molar refractivity (Wildman–Crippen MR) is 114 cm³/mol. The van der Waals surface area contributed by atoms with Gasteiger partial charge in [-0.1, -0.05) is 18.5 Å². The number of halogens is 1. The van der Waals surface area contributed by atoms with Crippen molar-refractivity contribution < 1.29 is 19.1 Å². The number of hydrogen-bond donors (Lipinski definition) is 2. The number of aromatic amines is 1. The Labute approximate surface area is 184 Å². The first-order valence-corrected chi connectivity index (χ1v) is 11.1. The third-order valence-electron chi connectivity index (χ3n) is 4.92. The highest BCUT2D eigenvalue weighted by Gasteiger charge is 2.32. The number of carbonyl (C=O) groups is 2. The van der Waals surface area contributed by atoms with E-state index in [1.54, 1.807) is 14.0 Å². The van der Waals surface area contributed by atoms with Crippen LogP contribution in [0.3, 0.4) is 0 Å². The summed E-state index contributed by atoms with van der Waals surface area (Å²) in [6.07, 6.45) is 1.31. The first-order chi connectivity index (χ1) is 14.4. The number of nitrogens with one attached hydrogen (secondary N) is 2. The second-order valence-corrected chi connectivity index (χ2v) is 8.09. The molecule has 1 saturated heterocycles. The van der Waals surface area contributed by atoms with Gasteiger partial charge in [-0.25, -0.2) is 9.97 Å². The Morgan fingerprint density at radius 1 is 1.40 bits per heavy atom. The Balaban J connectivity index is 1.60. The van der Waals surface area contributed by atoms with Crippen LogP contribution in [0, 0.1) is 0 Å². The van der Waals surface area contributed by atoms with Crippen LogP contribution in [-0.2, 0) is 27.1 Å². The zero-order valence-corrected chi connectivity index (χ0v) is 18.8. The number of amides is 1. The maximum absolute atomic E-state index is 12.6. The van der Waals surface area contributed by atoms with Gasteiger partial charge in [-0.2, -0.15) is 0 Å². The first kappa shape index (κ1) is 22.5. The summed E-state index contributed by atoms with van der Waals surface area (Å²) in [7, 11) is 1.63. The second kappa shape index (κ2) is 10.2. The molecule has 164 valence electrons. The number of hydrogen-bond acceptors (Lipinski definition) is 8. The van der Waals surface area contributed by atoms with Gasteiger partial charge in [0.2, 0.25) is 0 Å². The van der Waals surface area contributed by atoms with Crippen LogP contribution in [0.2, 0.25) is 5.15 Å². The molecule has 1 aliphatic heterocycles. The monoisotopic (exact) mass is 455 g/mol. The molecule has 0 bridgehead atoms. The average molecular weight is 456 g/mol. The van der Waals surface area contributed by atoms with Crippen LogP contribution in [-0.4, -0.2) is 65.8 Å². The minimum Gasteiger partial charge on any atom is -0.466 e. The second-order valence-electron chi connectivity index (χ2n) is 6.90. The zero-order chi connectivity index (χ0) is 21.7. The van der Waals surface area contributed by atoms with Crippen molar-refractivity contribution in [1.29, 1.82) is 0 Å². The largest absolute Gasteiger partial charge is 0.466 e. The Hall–Kier alpha value is -2.17. The summed E-state index contributed by atoms with van der Waals surface area (Å²) in [5.74, 6) is -0.379. The van der Waals surface area contributed by atoms with Crippen molar-refractivity contribution in [3.63, 3.8) is 0 Å². The minimum absolute atomic E-state index is 0.160. The summed E-state index contributed by atoms with van der Waals surface area (Å²) in [5.41, 5.74) is 1.43. The van der Waals surface area contributed by atoms with Gasteiger partial charge in [0.25, 0.3) is 5.91 Å². The molecule has 2 aromatic rings. The Morgan fingerprint density at radius 2 is 2.20 bits per heavy atom. The third kappa shape index (κ3) is 5.30. The molecule has 0 aliphatic carbocycles. The minimum atomic E-state index is -0.303. The summed E-state index contributed by atoms with van der Waals surface area (Å²) in [5, 5.41) is 6.01. The Bertz CT molecular complexity index is 886. The van der Waals surface area contributed by atoms with Gasteiger partial charge in [0, 0.05) is 25.6 Å². The normalized spacial score (nSPS) is 19.0. The molecule has 0 spiro atoms. The van der Waals surface area contributed by atoms with E-state index in [0.29, 0.717) is 43.4 Å². The number of anilines is 1. The maximum Gasteiger partial charge on any atom is 0.311 e. The van der Waals surface area contributed by atoms with Crippen LogP contribution in [0.5, 0.6) is 0 Å². The number of imidazole rings is 1. The van der Waals surface area contributed by atoms with Crippen LogP contribution in [0.25, 0.3) is 0 Å². The molecule has 0 radical (unpaired) electrons. The van der Waals surface area contributed by atoms with E-state index in [0.717, 1.165) is 10.8 Å². The molecular formula is C19H26ClN5O4S. The number of ether oxygens (including phenoxy) is 2. The van der Waals surface area contributed by atoms with Gasteiger partial charge in [0.1, 0.15) is 0 Å². The highest BCUT2D eigenvalue weighted by Crippen LogP contribution is 2.26. The zero-order valence-electron chi connectivity index (χ0n) is 17.2. The van der Waals surface area contributed by atoms with Crippen molar-refractivity contribution >= 4 is 39.9 Å². The van der Waals surface area contributed by atoms with E-state index in [4.69, 9.17) is 21.1 Å². The van der Waals surface area contributed by atoms with E-state index in [1.807, 2.05) is 12.3 Å². The fraction of sp³-hybridized carbons (Fsp3) is 0.579.